The minimum absolute atomic E-state index is 0.00234. The van der Waals surface area contributed by atoms with Crippen molar-refractivity contribution in [3.63, 3.8) is 0 Å². The first-order chi connectivity index (χ1) is 19.2. The van der Waals surface area contributed by atoms with E-state index in [0.29, 0.717) is 23.1 Å². The van der Waals surface area contributed by atoms with Crippen molar-refractivity contribution in [2.75, 3.05) is 5.32 Å². The lowest BCUT2D eigenvalue weighted by Crippen LogP contribution is -2.57. The molecule has 3 aliphatic heterocycles. The maximum absolute atomic E-state index is 14.2. The minimum atomic E-state index is -1.25. The Bertz CT molecular complexity index is 1360. The van der Waals surface area contributed by atoms with Crippen molar-refractivity contribution in [2.45, 2.75) is 70.4 Å². The molecule has 1 aliphatic carbocycles. The number of fused-ring (bicyclic) bond motifs is 1. The molecule has 210 valence electrons. The number of anilines is 1. The van der Waals surface area contributed by atoms with Gasteiger partial charge in [-0.3, -0.25) is 14.4 Å². The summed E-state index contributed by atoms with van der Waals surface area (Å²) >= 11 is 0. The Morgan fingerprint density at radius 1 is 1.10 bits per heavy atom. The average molecular weight is 546 g/mol. The molecule has 1 saturated carbocycles. The fraction of sp³-hybridized carbons (Fsp3) is 0.469. The lowest BCUT2D eigenvalue weighted by atomic mass is 9.73. The van der Waals surface area contributed by atoms with E-state index in [1.807, 2.05) is 43.3 Å². The van der Waals surface area contributed by atoms with Gasteiger partial charge in [-0.1, -0.05) is 63.1 Å². The Morgan fingerprint density at radius 3 is 2.62 bits per heavy atom. The van der Waals surface area contributed by atoms with E-state index in [0.717, 1.165) is 24.8 Å². The average Bonchev–Trinajstić information content (AvgIpc) is 3.55. The summed E-state index contributed by atoms with van der Waals surface area (Å²) in [4.78, 5) is 43.5. The Labute approximate surface area is 234 Å². The molecule has 2 aromatic carbocycles. The predicted molar refractivity (Wildman–Crippen MR) is 148 cm³/mol. The monoisotopic (exact) mass is 545 g/mol. The van der Waals surface area contributed by atoms with Gasteiger partial charge in [-0.05, 0) is 60.6 Å². The van der Waals surface area contributed by atoms with Gasteiger partial charge in [0.1, 0.15) is 17.5 Å². The smallest absolute Gasteiger partial charge is 0.246 e. The number of nitrogens with one attached hydrogen (secondary N) is 2. The van der Waals surface area contributed by atoms with Gasteiger partial charge in [0.25, 0.3) is 0 Å². The molecule has 2 bridgehead atoms. The Morgan fingerprint density at radius 2 is 1.88 bits per heavy atom. The second-order valence-electron chi connectivity index (χ2n) is 12.0. The molecule has 3 heterocycles. The highest BCUT2D eigenvalue weighted by atomic mass is 19.1. The summed E-state index contributed by atoms with van der Waals surface area (Å²) in [6.07, 6.45) is 6.08. The molecule has 4 aliphatic rings. The summed E-state index contributed by atoms with van der Waals surface area (Å²) in [5.41, 5.74) is 1.10. The van der Waals surface area contributed by atoms with E-state index in [2.05, 4.69) is 24.5 Å². The van der Waals surface area contributed by atoms with Crippen LogP contribution in [-0.4, -0.2) is 46.4 Å². The number of hydrogen-bond donors (Lipinski definition) is 2. The Balaban J connectivity index is 1.33. The van der Waals surface area contributed by atoms with Crippen LogP contribution in [-0.2, 0) is 25.7 Å². The number of carbonyl (C=O) groups excluding carboxylic acids is 3. The number of rotatable bonds is 6. The molecule has 40 heavy (non-hydrogen) atoms. The van der Waals surface area contributed by atoms with Crippen molar-refractivity contribution < 1.29 is 23.5 Å². The molecule has 6 rings (SSSR count). The van der Waals surface area contributed by atoms with E-state index in [1.165, 1.54) is 17.0 Å². The number of nitrogens with zero attached hydrogens (tertiary/aromatic N) is 1. The van der Waals surface area contributed by atoms with E-state index >= 15 is 0 Å². The fourth-order valence-corrected chi connectivity index (χ4v) is 7.22. The number of amides is 3. The van der Waals surface area contributed by atoms with Crippen LogP contribution in [0.1, 0.15) is 44.2 Å². The van der Waals surface area contributed by atoms with E-state index in [-0.39, 0.29) is 36.1 Å². The third kappa shape index (κ3) is 4.42. The van der Waals surface area contributed by atoms with Crippen molar-refractivity contribution in [3.05, 3.63) is 77.6 Å². The minimum Gasteiger partial charge on any atom is -0.359 e. The van der Waals surface area contributed by atoms with Crippen LogP contribution in [0.3, 0.4) is 0 Å². The first kappa shape index (κ1) is 26.7. The van der Waals surface area contributed by atoms with Gasteiger partial charge >= 0.3 is 0 Å². The summed E-state index contributed by atoms with van der Waals surface area (Å²) in [6, 6.07) is 12.5. The summed E-state index contributed by atoms with van der Waals surface area (Å²) < 4.78 is 20.1. The molecule has 8 unspecified atom stereocenters. The number of hydrogen-bond acceptors (Lipinski definition) is 4. The molecule has 0 radical (unpaired) electrons. The number of halogens is 1. The standard InChI is InChI=1S/C32H36FN3O4/c1-18-6-4-8-23(16-18)34-29(37)26-25-14-15-32(40-25)27(26)31(39)36(17-21-10-12-22(33)13-11-21)28(32)30(38)35-24-9-5-7-19(2)20(24)3/h4,6,8,10-16,19-20,24-28H,5,7,9,17H2,1-3H3,(H,34,37)(H,35,38). The first-order valence-corrected chi connectivity index (χ1v) is 14.3. The molecule has 2 aromatic rings. The number of carbonyl (C=O) groups is 3. The number of likely N-dealkylation sites (tertiary alicyclic amines) is 1. The summed E-state index contributed by atoms with van der Waals surface area (Å²) in [5.74, 6) is -2.08. The van der Waals surface area contributed by atoms with Gasteiger partial charge in [0.05, 0.1) is 17.9 Å². The van der Waals surface area contributed by atoms with Crippen LogP contribution in [0.5, 0.6) is 0 Å². The zero-order valence-electron chi connectivity index (χ0n) is 23.1. The van der Waals surface area contributed by atoms with Crippen molar-refractivity contribution in [1.82, 2.24) is 10.2 Å². The van der Waals surface area contributed by atoms with Gasteiger partial charge in [0, 0.05) is 18.3 Å². The molecular weight excluding hydrogens is 509 g/mol. The van der Waals surface area contributed by atoms with Gasteiger partial charge in [-0.25, -0.2) is 4.39 Å². The van der Waals surface area contributed by atoms with Crippen LogP contribution < -0.4 is 10.6 Å². The van der Waals surface area contributed by atoms with Gasteiger partial charge in [-0.15, -0.1) is 0 Å². The molecule has 2 saturated heterocycles. The second-order valence-corrected chi connectivity index (χ2v) is 12.0. The van der Waals surface area contributed by atoms with Crippen LogP contribution in [0.25, 0.3) is 0 Å². The summed E-state index contributed by atoms with van der Waals surface area (Å²) in [6.45, 7) is 6.42. The largest absolute Gasteiger partial charge is 0.359 e. The van der Waals surface area contributed by atoms with E-state index < -0.39 is 29.6 Å². The molecule has 8 heteroatoms. The third-order valence-corrected chi connectivity index (χ3v) is 9.51. The molecule has 1 spiro atoms. The zero-order valence-corrected chi connectivity index (χ0v) is 23.1. The van der Waals surface area contributed by atoms with Crippen molar-refractivity contribution >= 4 is 23.4 Å². The quantitative estimate of drug-likeness (QED) is 0.528. The number of ether oxygens (including phenoxy) is 1. The van der Waals surface area contributed by atoms with Crippen molar-refractivity contribution in [3.8, 4) is 0 Å². The second kappa shape index (κ2) is 10.1. The van der Waals surface area contributed by atoms with E-state index in [1.54, 1.807) is 12.1 Å². The molecule has 7 nitrogen and oxygen atoms in total. The highest BCUT2D eigenvalue weighted by Crippen LogP contribution is 2.55. The van der Waals surface area contributed by atoms with Crippen LogP contribution in [0.15, 0.2) is 60.7 Å². The van der Waals surface area contributed by atoms with Crippen LogP contribution >= 0.6 is 0 Å². The summed E-state index contributed by atoms with van der Waals surface area (Å²) in [5, 5.41) is 6.22. The van der Waals surface area contributed by atoms with Gasteiger partial charge in [0.15, 0.2) is 0 Å². The zero-order chi connectivity index (χ0) is 28.2. The van der Waals surface area contributed by atoms with Crippen molar-refractivity contribution in [1.29, 1.82) is 0 Å². The third-order valence-electron chi connectivity index (χ3n) is 9.51. The fourth-order valence-electron chi connectivity index (χ4n) is 7.22. The SMILES string of the molecule is Cc1cccc(NC(=O)C2C3C=CC4(O3)C2C(=O)N(Cc2ccc(F)cc2)C4C(=O)NC2CCCC(C)C2C)c1. The first-order valence-electron chi connectivity index (χ1n) is 14.3. The summed E-state index contributed by atoms with van der Waals surface area (Å²) in [7, 11) is 0. The molecule has 3 fully saturated rings. The Hall–Kier alpha value is -3.52. The van der Waals surface area contributed by atoms with Crippen LogP contribution in [0.2, 0.25) is 0 Å². The van der Waals surface area contributed by atoms with Crippen LogP contribution in [0, 0.1) is 36.4 Å². The highest BCUT2D eigenvalue weighted by molar-refractivity contribution is 6.02. The van der Waals surface area contributed by atoms with Gasteiger partial charge < -0.3 is 20.3 Å². The van der Waals surface area contributed by atoms with Gasteiger partial charge in [0.2, 0.25) is 17.7 Å². The van der Waals surface area contributed by atoms with E-state index in [4.69, 9.17) is 4.74 Å². The normalized spacial score (nSPS) is 34.1. The highest BCUT2D eigenvalue weighted by Gasteiger charge is 2.72. The molecule has 0 aromatic heterocycles. The Kier molecular flexibility index (Phi) is 6.77. The van der Waals surface area contributed by atoms with Crippen LogP contribution in [0.4, 0.5) is 10.1 Å². The molecule has 3 amide bonds. The molecule has 8 atom stereocenters. The topological polar surface area (TPSA) is 87.7 Å². The lowest BCUT2D eigenvalue weighted by Gasteiger charge is -2.38. The molecule has 2 N–H and O–H groups in total. The van der Waals surface area contributed by atoms with Crippen molar-refractivity contribution in [2.24, 2.45) is 23.7 Å². The number of aryl methyl sites for hydroxylation is 1. The molecular formula is C32H36FN3O4. The maximum Gasteiger partial charge on any atom is 0.246 e. The van der Waals surface area contributed by atoms with E-state index in [9.17, 15) is 18.8 Å². The number of benzene rings is 2. The van der Waals surface area contributed by atoms with Gasteiger partial charge in [-0.2, -0.15) is 0 Å². The predicted octanol–water partition coefficient (Wildman–Crippen LogP) is 4.36. The lowest BCUT2D eigenvalue weighted by molar-refractivity contribution is -0.142. The maximum atomic E-state index is 14.2.